The third-order valence-electron chi connectivity index (χ3n) is 3.86. The van der Waals surface area contributed by atoms with Gasteiger partial charge in [-0.05, 0) is 36.1 Å². The number of hydrogen-bond acceptors (Lipinski definition) is 5. The van der Waals surface area contributed by atoms with Gasteiger partial charge >= 0.3 is 0 Å². The highest BCUT2D eigenvalue weighted by Gasteiger charge is 2.21. The normalized spacial score (nSPS) is 13.9. The number of nitrogens with zero attached hydrogens (tertiary/aromatic N) is 3. The first-order valence-electron chi connectivity index (χ1n) is 6.78. The van der Waals surface area contributed by atoms with Gasteiger partial charge in [-0.2, -0.15) is 0 Å². The van der Waals surface area contributed by atoms with Crippen LogP contribution in [-0.4, -0.2) is 16.5 Å². The minimum Gasteiger partial charge on any atom is -0.398 e. The molecule has 0 spiro atoms. The minimum atomic E-state index is -0.423. The minimum absolute atomic E-state index is 0.0215. The Labute approximate surface area is 122 Å². The molecule has 0 fully saturated rings. The molecule has 0 unspecified atom stereocenters. The molecule has 6 nitrogen and oxygen atoms in total. The Balaban J connectivity index is 1.93. The molecule has 2 N–H and O–H groups in total. The molecule has 0 atom stereocenters. The standard InChI is InChI=1S/C15H16N4O2/c1-10-7-12(19(20)21)8-17-15(10)18-6-5-11-3-2-4-14(16)13(11)9-18/h2-4,7-8H,5-6,9,16H2,1H3. The molecule has 1 aliphatic heterocycles. The summed E-state index contributed by atoms with van der Waals surface area (Å²) in [5.74, 6) is 0.787. The van der Waals surface area contributed by atoms with Gasteiger partial charge in [0.2, 0.25) is 0 Å². The van der Waals surface area contributed by atoms with Gasteiger partial charge in [-0.15, -0.1) is 0 Å². The molecule has 0 amide bonds. The number of pyridine rings is 1. The van der Waals surface area contributed by atoms with Gasteiger partial charge in [0.1, 0.15) is 12.0 Å². The van der Waals surface area contributed by atoms with Crippen LogP contribution in [0.2, 0.25) is 0 Å². The van der Waals surface area contributed by atoms with Gasteiger partial charge in [-0.3, -0.25) is 10.1 Å². The number of fused-ring (bicyclic) bond motifs is 1. The lowest BCUT2D eigenvalue weighted by Gasteiger charge is -2.31. The molecule has 1 aliphatic rings. The smallest absolute Gasteiger partial charge is 0.287 e. The van der Waals surface area contributed by atoms with Crippen LogP contribution in [0.3, 0.4) is 0 Å². The highest BCUT2D eigenvalue weighted by molar-refractivity contribution is 5.58. The van der Waals surface area contributed by atoms with E-state index in [-0.39, 0.29) is 5.69 Å². The maximum atomic E-state index is 10.8. The van der Waals surface area contributed by atoms with E-state index in [2.05, 4.69) is 16.0 Å². The van der Waals surface area contributed by atoms with E-state index < -0.39 is 4.92 Å². The summed E-state index contributed by atoms with van der Waals surface area (Å²) in [4.78, 5) is 16.8. The van der Waals surface area contributed by atoms with Crippen molar-refractivity contribution in [1.29, 1.82) is 0 Å². The van der Waals surface area contributed by atoms with Gasteiger partial charge < -0.3 is 10.6 Å². The van der Waals surface area contributed by atoms with Crippen molar-refractivity contribution >= 4 is 17.2 Å². The summed E-state index contributed by atoms with van der Waals surface area (Å²) in [6.07, 6.45) is 2.21. The summed E-state index contributed by atoms with van der Waals surface area (Å²) in [5.41, 5.74) is 10.1. The fourth-order valence-corrected chi connectivity index (χ4v) is 2.77. The fraction of sp³-hybridized carbons (Fsp3) is 0.267. The predicted octanol–water partition coefficient (Wildman–Crippen LogP) is 2.44. The van der Waals surface area contributed by atoms with Crippen molar-refractivity contribution in [1.82, 2.24) is 4.98 Å². The van der Waals surface area contributed by atoms with Crippen molar-refractivity contribution in [2.24, 2.45) is 0 Å². The zero-order chi connectivity index (χ0) is 15.0. The molecule has 108 valence electrons. The van der Waals surface area contributed by atoms with E-state index in [9.17, 15) is 10.1 Å². The second-order valence-electron chi connectivity index (χ2n) is 5.25. The van der Waals surface area contributed by atoms with E-state index in [1.165, 1.54) is 11.8 Å². The Morgan fingerprint density at radius 1 is 1.43 bits per heavy atom. The van der Waals surface area contributed by atoms with E-state index in [0.717, 1.165) is 35.6 Å². The molecule has 1 aromatic heterocycles. The number of nitro groups is 1. The van der Waals surface area contributed by atoms with Crippen molar-refractivity contribution in [3.63, 3.8) is 0 Å². The molecule has 3 rings (SSSR count). The van der Waals surface area contributed by atoms with E-state index in [4.69, 9.17) is 5.73 Å². The molecule has 21 heavy (non-hydrogen) atoms. The van der Waals surface area contributed by atoms with Crippen LogP contribution in [0.25, 0.3) is 0 Å². The van der Waals surface area contributed by atoms with Crippen LogP contribution in [0, 0.1) is 17.0 Å². The summed E-state index contributed by atoms with van der Waals surface area (Å²) in [7, 11) is 0. The average molecular weight is 284 g/mol. The Morgan fingerprint density at radius 2 is 2.24 bits per heavy atom. The molecule has 2 heterocycles. The number of aryl methyl sites for hydroxylation is 1. The Kier molecular flexibility index (Phi) is 3.21. The molecule has 1 aromatic carbocycles. The van der Waals surface area contributed by atoms with Gasteiger partial charge in [-0.1, -0.05) is 12.1 Å². The Hall–Kier alpha value is -2.63. The number of benzene rings is 1. The maximum absolute atomic E-state index is 10.8. The molecule has 0 bridgehead atoms. The maximum Gasteiger partial charge on any atom is 0.287 e. The summed E-state index contributed by atoms with van der Waals surface area (Å²) in [5, 5.41) is 10.8. The largest absolute Gasteiger partial charge is 0.398 e. The topological polar surface area (TPSA) is 85.3 Å². The van der Waals surface area contributed by atoms with Crippen molar-refractivity contribution in [2.75, 3.05) is 17.2 Å². The second-order valence-corrected chi connectivity index (χ2v) is 5.25. The number of aromatic nitrogens is 1. The Bertz CT molecular complexity index is 715. The van der Waals surface area contributed by atoms with Crippen LogP contribution in [0.5, 0.6) is 0 Å². The Morgan fingerprint density at radius 3 is 2.95 bits per heavy atom. The van der Waals surface area contributed by atoms with Gasteiger partial charge in [0, 0.05) is 24.8 Å². The SMILES string of the molecule is Cc1cc([N+](=O)[O-])cnc1N1CCc2cccc(N)c2C1. The molecular weight excluding hydrogens is 268 g/mol. The van der Waals surface area contributed by atoms with Crippen LogP contribution < -0.4 is 10.6 Å². The highest BCUT2D eigenvalue weighted by atomic mass is 16.6. The third kappa shape index (κ3) is 2.40. The lowest BCUT2D eigenvalue weighted by Crippen LogP contribution is -2.32. The van der Waals surface area contributed by atoms with Gasteiger partial charge in [0.25, 0.3) is 5.69 Å². The van der Waals surface area contributed by atoms with Crippen LogP contribution in [0.15, 0.2) is 30.5 Å². The molecule has 0 aliphatic carbocycles. The zero-order valence-electron chi connectivity index (χ0n) is 11.7. The van der Waals surface area contributed by atoms with E-state index in [1.54, 1.807) is 6.07 Å². The molecule has 6 heteroatoms. The summed E-state index contributed by atoms with van der Waals surface area (Å²) in [6, 6.07) is 7.53. The first-order valence-corrected chi connectivity index (χ1v) is 6.78. The first-order chi connectivity index (χ1) is 10.1. The summed E-state index contributed by atoms with van der Waals surface area (Å²) >= 11 is 0. The van der Waals surface area contributed by atoms with Crippen LogP contribution in [-0.2, 0) is 13.0 Å². The summed E-state index contributed by atoms with van der Waals surface area (Å²) in [6.45, 7) is 3.37. The van der Waals surface area contributed by atoms with Gasteiger partial charge in [0.15, 0.2) is 0 Å². The number of rotatable bonds is 2. The van der Waals surface area contributed by atoms with Crippen LogP contribution in [0.4, 0.5) is 17.2 Å². The number of nitrogen functional groups attached to an aromatic ring is 1. The van der Waals surface area contributed by atoms with E-state index >= 15 is 0 Å². The molecular formula is C15H16N4O2. The van der Waals surface area contributed by atoms with Gasteiger partial charge in [-0.25, -0.2) is 4.98 Å². The van der Waals surface area contributed by atoms with E-state index in [1.807, 2.05) is 19.1 Å². The quantitative estimate of drug-likeness (QED) is 0.520. The van der Waals surface area contributed by atoms with Crippen molar-refractivity contribution in [3.05, 3.63) is 57.3 Å². The van der Waals surface area contributed by atoms with E-state index in [0.29, 0.717) is 6.54 Å². The average Bonchev–Trinajstić information content (AvgIpc) is 2.47. The molecule has 0 radical (unpaired) electrons. The molecule has 0 saturated carbocycles. The van der Waals surface area contributed by atoms with Crippen LogP contribution in [0.1, 0.15) is 16.7 Å². The summed E-state index contributed by atoms with van der Waals surface area (Å²) < 4.78 is 0. The second kappa shape index (κ2) is 5.05. The fourth-order valence-electron chi connectivity index (χ4n) is 2.77. The monoisotopic (exact) mass is 284 g/mol. The number of hydrogen-bond donors (Lipinski definition) is 1. The van der Waals surface area contributed by atoms with Crippen molar-refractivity contribution in [2.45, 2.75) is 19.9 Å². The number of anilines is 2. The zero-order valence-corrected chi connectivity index (χ0v) is 11.7. The predicted molar refractivity (Wildman–Crippen MR) is 81.2 cm³/mol. The lowest BCUT2D eigenvalue weighted by molar-refractivity contribution is -0.385. The van der Waals surface area contributed by atoms with Crippen molar-refractivity contribution in [3.8, 4) is 0 Å². The van der Waals surface area contributed by atoms with Crippen LogP contribution >= 0.6 is 0 Å². The number of nitrogens with two attached hydrogens (primary N) is 1. The molecule has 2 aromatic rings. The molecule has 0 saturated heterocycles. The van der Waals surface area contributed by atoms with Crippen molar-refractivity contribution < 1.29 is 4.92 Å². The highest BCUT2D eigenvalue weighted by Crippen LogP contribution is 2.29. The lowest BCUT2D eigenvalue weighted by atomic mass is 9.98. The van der Waals surface area contributed by atoms with Gasteiger partial charge in [0.05, 0.1) is 4.92 Å². The first kappa shape index (κ1) is 13.4. The third-order valence-corrected chi connectivity index (χ3v) is 3.86.